The molecule has 2 aliphatic rings. The highest BCUT2D eigenvalue weighted by molar-refractivity contribution is 6.02. The molecule has 0 bridgehead atoms. The summed E-state index contributed by atoms with van der Waals surface area (Å²) in [6.45, 7) is 0. The van der Waals surface area contributed by atoms with Gasteiger partial charge in [-0.05, 0) is 12.8 Å². The van der Waals surface area contributed by atoms with Crippen molar-refractivity contribution in [2.45, 2.75) is 25.3 Å². The second-order valence-electron chi connectivity index (χ2n) is 4.30. The number of rotatable bonds is 3. The van der Waals surface area contributed by atoms with Crippen LogP contribution in [0.25, 0.3) is 0 Å². The van der Waals surface area contributed by atoms with Crippen molar-refractivity contribution in [2.75, 3.05) is 0 Å². The molecule has 1 saturated heterocycles. The number of piperidine rings is 1. The quantitative estimate of drug-likeness (QED) is 0.527. The number of hydrogen-bond donors (Lipinski definition) is 3. The highest BCUT2D eigenvalue weighted by Gasteiger charge is 2.49. The number of carboxylic acid groups (broad SMARTS) is 1. The summed E-state index contributed by atoms with van der Waals surface area (Å²) in [7, 11) is 0. The molecule has 3 amide bonds. The third-order valence-corrected chi connectivity index (χ3v) is 3.00. The fourth-order valence-corrected chi connectivity index (χ4v) is 1.87. The number of carboxylic acids is 1. The normalized spacial score (nSPS) is 31.6. The number of nitrogens with one attached hydrogen (secondary N) is 2. The second-order valence-corrected chi connectivity index (χ2v) is 4.30. The molecule has 7 heteroatoms. The zero-order valence-corrected chi connectivity index (χ0v) is 8.93. The smallest absolute Gasteiger partial charge is 0.307 e. The number of hydrogen-bond acceptors (Lipinski definition) is 4. The van der Waals surface area contributed by atoms with Crippen molar-refractivity contribution in [2.24, 2.45) is 11.8 Å². The number of amides is 3. The fourth-order valence-electron chi connectivity index (χ4n) is 1.87. The molecule has 0 aromatic rings. The van der Waals surface area contributed by atoms with Crippen LogP contribution < -0.4 is 10.6 Å². The van der Waals surface area contributed by atoms with Crippen LogP contribution in [-0.4, -0.2) is 34.8 Å². The van der Waals surface area contributed by atoms with E-state index in [0.717, 1.165) is 0 Å². The van der Waals surface area contributed by atoms with Gasteiger partial charge in [-0.1, -0.05) is 0 Å². The Balaban J connectivity index is 1.86. The van der Waals surface area contributed by atoms with Crippen LogP contribution >= 0.6 is 0 Å². The average molecular weight is 240 g/mol. The largest absolute Gasteiger partial charge is 0.481 e. The Labute approximate surface area is 96.6 Å². The molecule has 0 radical (unpaired) electrons. The van der Waals surface area contributed by atoms with Gasteiger partial charge in [0.15, 0.2) is 0 Å². The Morgan fingerprint density at radius 2 is 2.00 bits per heavy atom. The van der Waals surface area contributed by atoms with Gasteiger partial charge < -0.3 is 10.4 Å². The first-order valence-corrected chi connectivity index (χ1v) is 5.36. The molecule has 0 aromatic heterocycles. The van der Waals surface area contributed by atoms with E-state index in [9.17, 15) is 19.2 Å². The molecule has 2 fully saturated rings. The maximum absolute atomic E-state index is 11.6. The minimum atomic E-state index is -0.992. The van der Waals surface area contributed by atoms with E-state index in [2.05, 4.69) is 10.6 Å². The Morgan fingerprint density at radius 1 is 1.29 bits per heavy atom. The summed E-state index contributed by atoms with van der Waals surface area (Å²) >= 11 is 0. The zero-order valence-electron chi connectivity index (χ0n) is 8.93. The Morgan fingerprint density at radius 3 is 2.53 bits per heavy atom. The van der Waals surface area contributed by atoms with Gasteiger partial charge in [-0.2, -0.15) is 0 Å². The van der Waals surface area contributed by atoms with Crippen LogP contribution in [0.2, 0.25) is 0 Å². The molecule has 1 aliphatic heterocycles. The third kappa shape index (κ3) is 2.43. The van der Waals surface area contributed by atoms with E-state index in [0.29, 0.717) is 6.42 Å². The molecule has 3 N–H and O–H groups in total. The van der Waals surface area contributed by atoms with Crippen molar-refractivity contribution < 1.29 is 24.3 Å². The predicted molar refractivity (Wildman–Crippen MR) is 53.5 cm³/mol. The molecule has 0 spiro atoms. The lowest BCUT2D eigenvalue weighted by atomic mass is 10.1. The molecular formula is C10H12N2O5. The van der Waals surface area contributed by atoms with Gasteiger partial charge in [0, 0.05) is 6.42 Å². The Bertz CT molecular complexity index is 406. The van der Waals surface area contributed by atoms with Gasteiger partial charge in [-0.25, -0.2) is 0 Å². The Hall–Kier alpha value is -1.92. The summed E-state index contributed by atoms with van der Waals surface area (Å²) in [6, 6.07) is -0.727. The second kappa shape index (κ2) is 4.15. The highest BCUT2D eigenvalue weighted by atomic mass is 16.4. The van der Waals surface area contributed by atoms with Gasteiger partial charge in [0.25, 0.3) is 0 Å². The van der Waals surface area contributed by atoms with Crippen molar-refractivity contribution in [3.05, 3.63) is 0 Å². The number of aliphatic carboxylic acids is 1. The molecule has 3 atom stereocenters. The van der Waals surface area contributed by atoms with E-state index in [1.807, 2.05) is 0 Å². The minimum absolute atomic E-state index is 0.184. The Kier molecular flexibility index (Phi) is 2.83. The molecule has 92 valence electrons. The average Bonchev–Trinajstić information content (AvgIpc) is 3.01. The summed E-state index contributed by atoms with van der Waals surface area (Å²) in [5, 5.41) is 13.2. The zero-order chi connectivity index (χ0) is 12.6. The van der Waals surface area contributed by atoms with Crippen molar-refractivity contribution in [1.82, 2.24) is 10.6 Å². The summed E-state index contributed by atoms with van der Waals surface area (Å²) < 4.78 is 0. The summed E-state index contributed by atoms with van der Waals surface area (Å²) in [6.07, 6.45) is 0.763. The van der Waals surface area contributed by atoms with Crippen molar-refractivity contribution >= 4 is 23.7 Å². The van der Waals surface area contributed by atoms with Gasteiger partial charge in [-0.3, -0.25) is 24.5 Å². The highest BCUT2D eigenvalue weighted by Crippen LogP contribution is 2.38. The van der Waals surface area contributed by atoms with Crippen LogP contribution in [0.3, 0.4) is 0 Å². The van der Waals surface area contributed by atoms with E-state index >= 15 is 0 Å². The SMILES string of the molecule is O=C1CCC(NC(=O)[C@@H]2C[C@@H]2C(=O)O)C(=O)N1. The molecule has 7 nitrogen and oxygen atoms in total. The first kappa shape index (κ1) is 11.6. The number of carbonyl (C=O) groups is 4. The lowest BCUT2D eigenvalue weighted by molar-refractivity contribution is -0.140. The van der Waals surface area contributed by atoms with Gasteiger partial charge in [0.05, 0.1) is 11.8 Å². The first-order valence-electron chi connectivity index (χ1n) is 5.36. The van der Waals surface area contributed by atoms with E-state index in [-0.39, 0.29) is 18.7 Å². The fraction of sp³-hybridized carbons (Fsp3) is 0.600. The summed E-state index contributed by atoms with van der Waals surface area (Å²) in [5.41, 5.74) is 0. The topological polar surface area (TPSA) is 113 Å². The van der Waals surface area contributed by atoms with Crippen molar-refractivity contribution in [3.8, 4) is 0 Å². The van der Waals surface area contributed by atoms with Crippen LogP contribution in [0.15, 0.2) is 0 Å². The molecular weight excluding hydrogens is 228 g/mol. The molecule has 1 aliphatic carbocycles. The maximum Gasteiger partial charge on any atom is 0.307 e. The van der Waals surface area contributed by atoms with Gasteiger partial charge in [-0.15, -0.1) is 0 Å². The van der Waals surface area contributed by atoms with Crippen molar-refractivity contribution in [1.29, 1.82) is 0 Å². The monoisotopic (exact) mass is 240 g/mol. The van der Waals surface area contributed by atoms with E-state index < -0.39 is 35.7 Å². The van der Waals surface area contributed by atoms with Gasteiger partial charge in [0.1, 0.15) is 6.04 Å². The van der Waals surface area contributed by atoms with Crippen LogP contribution in [0, 0.1) is 11.8 Å². The van der Waals surface area contributed by atoms with Gasteiger partial charge in [0.2, 0.25) is 17.7 Å². The molecule has 2 rings (SSSR count). The molecule has 1 heterocycles. The maximum atomic E-state index is 11.6. The van der Waals surface area contributed by atoms with Gasteiger partial charge >= 0.3 is 5.97 Å². The van der Waals surface area contributed by atoms with E-state index in [4.69, 9.17) is 5.11 Å². The number of imide groups is 1. The minimum Gasteiger partial charge on any atom is -0.481 e. The van der Waals surface area contributed by atoms with Crippen molar-refractivity contribution in [3.63, 3.8) is 0 Å². The predicted octanol–water partition coefficient (Wildman–Crippen LogP) is -1.37. The summed E-state index contributed by atoms with van der Waals surface area (Å²) in [4.78, 5) is 44.4. The van der Waals surface area contributed by atoms with E-state index in [1.165, 1.54) is 0 Å². The molecule has 0 aromatic carbocycles. The van der Waals surface area contributed by atoms with Crippen LogP contribution in [-0.2, 0) is 19.2 Å². The first-order chi connectivity index (χ1) is 7.99. The van der Waals surface area contributed by atoms with Crippen LogP contribution in [0.1, 0.15) is 19.3 Å². The third-order valence-electron chi connectivity index (χ3n) is 3.00. The standard InChI is InChI=1S/C10H12N2O5/c13-7-2-1-6(9(15)12-7)11-8(14)4-3-5(4)10(16)17/h4-6H,1-3H2,(H,11,14)(H,16,17)(H,12,13,15)/t4-,5+,6?/m1/s1. The van der Waals surface area contributed by atoms with Crippen LogP contribution in [0.5, 0.6) is 0 Å². The molecule has 17 heavy (non-hydrogen) atoms. The molecule has 1 unspecified atom stereocenters. The van der Waals surface area contributed by atoms with Crippen LogP contribution in [0.4, 0.5) is 0 Å². The summed E-state index contributed by atoms with van der Waals surface area (Å²) in [5.74, 6) is -3.47. The molecule has 1 saturated carbocycles. The number of carbonyl (C=O) groups excluding carboxylic acids is 3. The van der Waals surface area contributed by atoms with E-state index in [1.54, 1.807) is 0 Å². The lowest BCUT2D eigenvalue weighted by Crippen LogP contribution is -2.52. The lowest BCUT2D eigenvalue weighted by Gasteiger charge is -2.21.